The zero-order chi connectivity index (χ0) is 16.4. The molecule has 1 fully saturated rings. The van der Waals surface area contributed by atoms with Crippen molar-refractivity contribution in [2.24, 2.45) is 5.92 Å². The smallest absolute Gasteiger partial charge is 0.350 e. The Bertz CT molecular complexity index is 318. The van der Waals surface area contributed by atoms with Gasteiger partial charge in [0.2, 0.25) is 0 Å². The summed E-state index contributed by atoms with van der Waals surface area (Å²) in [6.07, 6.45) is 3.90. The fraction of sp³-hybridized carbons (Fsp3) is 0.944. The van der Waals surface area contributed by atoms with Gasteiger partial charge < -0.3 is 4.74 Å². The first kappa shape index (κ1) is 19.3. The fourth-order valence-corrected chi connectivity index (χ4v) is 3.14. The highest BCUT2D eigenvalue weighted by molar-refractivity contribution is 5.75. The van der Waals surface area contributed by atoms with Crippen LogP contribution in [0.5, 0.6) is 0 Å². The molecule has 0 amide bonds. The van der Waals surface area contributed by atoms with Crippen molar-refractivity contribution in [2.75, 3.05) is 52.5 Å². The lowest BCUT2D eigenvalue weighted by atomic mass is 10.2. The van der Waals surface area contributed by atoms with E-state index >= 15 is 0 Å². The monoisotopic (exact) mass is 312 g/mol. The average Bonchev–Trinajstić information content (AvgIpc) is 2.52. The standard InChI is InChI=1S/C18H38N3O/c1-6-9-10-11-21(16-17(4)5)18(19(7-2)8-3)20-12-14-22-15-13-20/h17H,6-16H2,1-5H3/q+1. The van der Waals surface area contributed by atoms with E-state index in [-0.39, 0.29) is 0 Å². The molecule has 22 heavy (non-hydrogen) atoms. The van der Waals surface area contributed by atoms with Gasteiger partial charge in [-0.1, -0.05) is 33.6 Å². The Morgan fingerprint density at radius 2 is 1.73 bits per heavy atom. The van der Waals surface area contributed by atoms with E-state index in [4.69, 9.17) is 4.74 Å². The zero-order valence-electron chi connectivity index (χ0n) is 15.6. The second-order valence-electron chi connectivity index (χ2n) is 6.62. The first-order valence-corrected chi connectivity index (χ1v) is 9.33. The lowest BCUT2D eigenvalue weighted by Crippen LogP contribution is -2.54. The van der Waals surface area contributed by atoms with Crippen molar-refractivity contribution in [3.05, 3.63) is 0 Å². The summed E-state index contributed by atoms with van der Waals surface area (Å²) < 4.78 is 8.20. The molecule has 4 nitrogen and oxygen atoms in total. The molecular formula is C18H38N3O+. The summed E-state index contributed by atoms with van der Waals surface area (Å²) in [6.45, 7) is 19.7. The van der Waals surface area contributed by atoms with Gasteiger partial charge in [0.1, 0.15) is 0 Å². The number of rotatable bonds is 8. The Morgan fingerprint density at radius 1 is 1.09 bits per heavy atom. The molecule has 0 aromatic carbocycles. The maximum atomic E-state index is 5.56. The molecule has 1 rings (SSSR count). The highest BCUT2D eigenvalue weighted by Gasteiger charge is 2.29. The topological polar surface area (TPSA) is 18.7 Å². The third-order valence-corrected chi connectivity index (χ3v) is 4.24. The van der Waals surface area contributed by atoms with E-state index < -0.39 is 0 Å². The maximum absolute atomic E-state index is 5.56. The second-order valence-corrected chi connectivity index (χ2v) is 6.62. The first-order valence-electron chi connectivity index (χ1n) is 9.33. The van der Waals surface area contributed by atoms with Crippen LogP contribution in [0.2, 0.25) is 0 Å². The van der Waals surface area contributed by atoms with E-state index in [1.165, 1.54) is 31.8 Å². The molecule has 130 valence electrons. The molecule has 0 saturated carbocycles. The van der Waals surface area contributed by atoms with Gasteiger partial charge in [-0.15, -0.1) is 0 Å². The van der Waals surface area contributed by atoms with Crippen molar-refractivity contribution < 1.29 is 9.31 Å². The number of morpholine rings is 1. The van der Waals surface area contributed by atoms with Crippen LogP contribution in [0.1, 0.15) is 53.9 Å². The van der Waals surface area contributed by atoms with Gasteiger partial charge in [-0.2, -0.15) is 0 Å². The van der Waals surface area contributed by atoms with Crippen LogP contribution in [-0.4, -0.2) is 72.8 Å². The molecule has 0 aromatic rings. The third kappa shape index (κ3) is 6.15. The Labute approximate surface area is 138 Å². The van der Waals surface area contributed by atoms with Crippen LogP contribution < -0.4 is 0 Å². The normalized spacial score (nSPS) is 16.9. The van der Waals surface area contributed by atoms with E-state index in [0.717, 1.165) is 45.9 Å². The minimum absolute atomic E-state index is 0.688. The van der Waals surface area contributed by atoms with Crippen LogP contribution in [0.3, 0.4) is 0 Å². The number of hydrogen-bond donors (Lipinski definition) is 0. The van der Waals surface area contributed by atoms with Gasteiger partial charge in [-0.25, -0.2) is 0 Å². The molecule has 0 spiro atoms. The quantitative estimate of drug-likeness (QED) is 0.297. The Balaban J connectivity index is 3.04. The minimum Gasteiger partial charge on any atom is -0.375 e. The average molecular weight is 313 g/mol. The number of unbranched alkanes of at least 4 members (excludes halogenated alkanes) is 2. The SMILES string of the molecule is CCCCC/[N+](CC(C)C)=C(/N(CC)CC)N1CCOCC1. The number of nitrogens with zero attached hydrogens (tertiary/aromatic N) is 3. The summed E-state index contributed by atoms with van der Waals surface area (Å²) in [5.41, 5.74) is 0. The van der Waals surface area contributed by atoms with Crippen LogP contribution in [0, 0.1) is 5.92 Å². The Hall–Kier alpha value is -0.770. The number of ether oxygens (including phenoxy) is 1. The van der Waals surface area contributed by atoms with Gasteiger partial charge >= 0.3 is 5.96 Å². The summed E-state index contributed by atoms with van der Waals surface area (Å²) in [4.78, 5) is 5.07. The van der Waals surface area contributed by atoms with Gasteiger partial charge in [0.25, 0.3) is 0 Å². The summed E-state index contributed by atoms with van der Waals surface area (Å²) in [5, 5.41) is 0. The molecule has 0 N–H and O–H groups in total. The molecule has 0 bridgehead atoms. The maximum Gasteiger partial charge on any atom is 0.350 e. The lowest BCUT2D eigenvalue weighted by Gasteiger charge is -2.32. The van der Waals surface area contributed by atoms with E-state index in [2.05, 4.69) is 49.0 Å². The van der Waals surface area contributed by atoms with Crippen molar-refractivity contribution in [2.45, 2.75) is 53.9 Å². The van der Waals surface area contributed by atoms with Crippen molar-refractivity contribution in [1.82, 2.24) is 9.80 Å². The molecule has 0 radical (unpaired) electrons. The molecule has 0 aromatic heterocycles. The summed E-state index contributed by atoms with van der Waals surface area (Å²) in [5.74, 6) is 2.13. The van der Waals surface area contributed by atoms with Gasteiger partial charge in [-0.05, 0) is 26.2 Å². The summed E-state index contributed by atoms with van der Waals surface area (Å²) >= 11 is 0. The fourth-order valence-electron chi connectivity index (χ4n) is 3.14. The van der Waals surface area contributed by atoms with Crippen LogP contribution in [-0.2, 0) is 4.74 Å². The second kappa shape index (κ2) is 10.9. The summed E-state index contributed by atoms with van der Waals surface area (Å²) in [7, 11) is 0. The summed E-state index contributed by atoms with van der Waals surface area (Å²) in [6, 6.07) is 0. The van der Waals surface area contributed by atoms with Crippen LogP contribution in [0.25, 0.3) is 0 Å². The van der Waals surface area contributed by atoms with Gasteiger partial charge in [0.05, 0.1) is 52.5 Å². The molecule has 1 aliphatic rings. The first-order chi connectivity index (χ1) is 10.6. The van der Waals surface area contributed by atoms with Crippen LogP contribution in [0.15, 0.2) is 0 Å². The predicted molar refractivity (Wildman–Crippen MR) is 94.7 cm³/mol. The van der Waals surface area contributed by atoms with Gasteiger partial charge in [0, 0.05) is 0 Å². The van der Waals surface area contributed by atoms with Crippen LogP contribution >= 0.6 is 0 Å². The molecule has 0 atom stereocenters. The van der Waals surface area contributed by atoms with Gasteiger partial charge in [0.15, 0.2) is 0 Å². The van der Waals surface area contributed by atoms with Crippen molar-refractivity contribution in [3.63, 3.8) is 0 Å². The van der Waals surface area contributed by atoms with Gasteiger partial charge in [-0.3, -0.25) is 14.4 Å². The Morgan fingerprint density at radius 3 is 2.23 bits per heavy atom. The molecular weight excluding hydrogens is 274 g/mol. The minimum atomic E-state index is 0.688. The zero-order valence-corrected chi connectivity index (χ0v) is 15.6. The predicted octanol–water partition coefficient (Wildman–Crippen LogP) is 2.88. The lowest BCUT2D eigenvalue weighted by molar-refractivity contribution is -0.544. The highest BCUT2D eigenvalue weighted by Crippen LogP contribution is 2.08. The van der Waals surface area contributed by atoms with Crippen molar-refractivity contribution >= 4 is 5.96 Å². The van der Waals surface area contributed by atoms with E-state index in [9.17, 15) is 0 Å². The third-order valence-electron chi connectivity index (χ3n) is 4.24. The number of hydrogen-bond acceptors (Lipinski definition) is 1. The van der Waals surface area contributed by atoms with E-state index in [0.29, 0.717) is 5.92 Å². The molecule has 1 aliphatic heterocycles. The van der Waals surface area contributed by atoms with E-state index in [1.807, 2.05) is 0 Å². The molecule has 1 heterocycles. The van der Waals surface area contributed by atoms with E-state index in [1.54, 1.807) is 0 Å². The molecule has 0 aliphatic carbocycles. The number of guanidine groups is 1. The molecule has 4 heteroatoms. The van der Waals surface area contributed by atoms with Crippen molar-refractivity contribution in [3.8, 4) is 0 Å². The Kier molecular flexibility index (Phi) is 9.53. The van der Waals surface area contributed by atoms with Crippen LogP contribution in [0.4, 0.5) is 0 Å². The largest absolute Gasteiger partial charge is 0.375 e. The highest BCUT2D eigenvalue weighted by atomic mass is 16.5. The van der Waals surface area contributed by atoms with Crippen molar-refractivity contribution in [1.29, 1.82) is 0 Å². The molecule has 0 unspecified atom stereocenters. The molecule has 1 saturated heterocycles.